The second kappa shape index (κ2) is 4.13. The summed E-state index contributed by atoms with van der Waals surface area (Å²) in [4.78, 5) is 0. The summed E-state index contributed by atoms with van der Waals surface area (Å²) in [6, 6.07) is 3.53. The zero-order valence-corrected chi connectivity index (χ0v) is 9.34. The van der Waals surface area contributed by atoms with Crippen LogP contribution in [0, 0.1) is 17.6 Å². The van der Waals surface area contributed by atoms with Crippen LogP contribution in [0.1, 0.15) is 31.7 Å². The predicted molar refractivity (Wildman–Crippen MR) is 58.0 cm³/mol. The average molecular weight is 226 g/mol. The molecule has 3 heteroatoms. The molecule has 0 amide bonds. The summed E-state index contributed by atoms with van der Waals surface area (Å²) in [6.45, 7) is 2.07. The minimum Gasteiger partial charge on any atom is -0.389 e. The molecule has 1 saturated carbocycles. The van der Waals surface area contributed by atoms with Gasteiger partial charge in [0.2, 0.25) is 0 Å². The summed E-state index contributed by atoms with van der Waals surface area (Å²) in [5.74, 6) is -0.855. The molecule has 0 radical (unpaired) electrons. The van der Waals surface area contributed by atoms with Gasteiger partial charge in [-0.25, -0.2) is 8.78 Å². The van der Waals surface area contributed by atoms with E-state index in [1.807, 2.05) is 0 Å². The van der Waals surface area contributed by atoms with Crippen molar-refractivity contribution in [1.82, 2.24) is 0 Å². The molecular weight excluding hydrogens is 210 g/mol. The highest BCUT2D eigenvalue weighted by Crippen LogP contribution is 2.48. The molecule has 1 aromatic rings. The SMILES string of the molecule is CCCC1CC1(O)Cc1ccc(F)cc1F. The van der Waals surface area contributed by atoms with Crippen LogP contribution in [0.15, 0.2) is 18.2 Å². The second-order valence-corrected chi connectivity index (χ2v) is 4.71. The molecule has 0 heterocycles. The van der Waals surface area contributed by atoms with Gasteiger partial charge in [-0.15, -0.1) is 0 Å². The fourth-order valence-corrected chi connectivity index (χ4v) is 2.30. The second-order valence-electron chi connectivity index (χ2n) is 4.71. The van der Waals surface area contributed by atoms with E-state index in [0.717, 1.165) is 25.3 Å². The van der Waals surface area contributed by atoms with Gasteiger partial charge in [-0.2, -0.15) is 0 Å². The van der Waals surface area contributed by atoms with Crippen LogP contribution < -0.4 is 0 Å². The number of hydrogen-bond acceptors (Lipinski definition) is 1. The van der Waals surface area contributed by atoms with E-state index in [0.29, 0.717) is 12.0 Å². The fraction of sp³-hybridized carbons (Fsp3) is 0.538. The smallest absolute Gasteiger partial charge is 0.129 e. The first-order valence-corrected chi connectivity index (χ1v) is 5.71. The molecule has 16 heavy (non-hydrogen) atoms. The lowest BCUT2D eigenvalue weighted by Crippen LogP contribution is -2.16. The zero-order valence-electron chi connectivity index (χ0n) is 9.34. The van der Waals surface area contributed by atoms with E-state index < -0.39 is 17.2 Å². The highest BCUT2D eigenvalue weighted by Gasteiger charge is 2.51. The number of halogens is 2. The topological polar surface area (TPSA) is 20.2 Å². The summed E-state index contributed by atoms with van der Waals surface area (Å²) in [7, 11) is 0. The highest BCUT2D eigenvalue weighted by atomic mass is 19.1. The van der Waals surface area contributed by atoms with Crippen molar-refractivity contribution in [2.45, 2.75) is 38.2 Å². The van der Waals surface area contributed by atoms with Gasteiger partial charge < -0.3 is 5.11 Å². The Balaban J connectivity index is 2.05. The molecule has 2 unspecified atom stereocenters. The molecule has 1 aromatic carbocycles. The molecule has 0 saturated heterocycles. The van der Waals surface area contributed by atoms with E-state index in [9.17, 15) is 13.9 Å². The van der Waals surface area contributed by atoms with Crippen LogP contribution in [0.5, 0.6) is 0 Å². The lowest BCUT2D eigenvalue weighted by Gasteiger charge is -2.11. The summed E-state index contributed by atoms with van der Waals surface area (Å²) in [6.07, 6.45) is 3.03. The molecular formula is C13H16F2O. The van der Waals surface area contributed by atoms with Crippen LogP contribution in [-0.2, 0) is 6.42 Å². The van der Waals surface area contributed by atoms with Crippen molar-refractivity contribution < 1.29 is 13.9 Å². The Morgan fingerprint density at radius 2 is 2.19 bits per heavy atom. The van der Waals surface area contributed by atoms with Crippen LogP contribution in [0.4, 0.5) is 8.78 Å². The molecule has 2 rings (SSSR count). The molecule has 1 aliphatic rings. The largest absolute Gasteiger partial charge is 0.389 e. The predicted octanol–water partition coefficient (Wildman–Crippen LogP) is 3.06. The Hall–Kier alpha value is -0.960. The number of rotatable bonds is 4. The number of hydrogen-bond donors (Lipinski definition) is 1. The van der Waals surface area contributed by atoms with Crippen LogP contribution in [0.2, 0.25) is 0 Å². The molecule has 0 spiro atoms. The van der Waals surface area contributed by atoms with Gasteiger partial charge in [0.25, 0.3) is 0 Å². The van der Waals surface area contributed by atoms with Crippen molar-refractivity contribution in [1.29, 1.82) is 0 Å². The summed E-state index contributed by atoms with van der Waals surface area (Å²) >= 11 is 0. The molecule has 2 atom stereocenters. The Labute approximate surface area is 94.1 Å². The molecule has 0 aromatic heterocycles. The number of aliphatic hydroxyl groups is 1. The van der Waals surface area contributed by atoms with E-state index in [1.165, 1.54) is 12.1 Å². The third-order valence-electron chi connectivity index (χ3n) is 3.35. The Morgan fingerprint density at radius 3 is 2.81 bits per heavy atom. The molecule has 88 valence electrons. The third-order valence-corrected chi connectivity index (χ3v) is 3.35. The standard InChI is InChI=1S/C13H16F2O/c1-2-3-10-8-13(10,16)7-9-4-5-11(14)6-12(9)15/h4-6,10,16H,2-3,7-8H2,1H3. The Morgan fingerprint density at radius 1 is 1.44 bits per heavy atom. The Kier molecular flexibility index (Phi) is 2.98. The Bertz CT molecular complexity index is 392. The van der Waals surface area contributed by atoms with Crippen molar-refractivity contribution in [2.75, 3.05) is 0 Å². The quantitative estimate of drug-likeness (QED) is 0.836. The van der Waals surface area contributed by atoms with E-state index >= 15 is 0 Å². The monoisotopic (exact) mass is 226 g/mol. The minimum atomic E-state index is -0.755. The first-order chi connectivity index (χ1) is 7.55. The summed E-state index contributed by atoms with van der Waals surface area (Å²) < 4.78 is 26.1. The fourth-order valence-electron chi connectivity index (χ4n) is 2.30. The van der Waals surface area contributed by atoms with E-state index in [2.05, 4.69) is 6.92 Å². The van der Waals surface area contributed by atoms with Gasteiger partial charge in [0.05, 0.1) is 5.60 Å². The molecule has 1 N–H and O–H groups in total. The van der Waals surface area contributed by atoms with Crippen molar-refractivity contribution in [3.8, 4) is 0 Å². The molecule has 1 aliphatic carbocycles. The number of benzene rings is 1. The van der Waals surface area contributed by atoms with Gasteiger partial charge in [-0.1, -0.05) is 19.4 Å². The van der Waals surface area contributed by atoms with Gasteiger partial charge in [-0.3, -0.25) is 0 Å². The maximum atomic E-state index is 13.4. The van der Waals surface area contributed by atoms with Gasteiger partial charge in [0.1, 0.15) is 11.6 Å². The van der Waals surface area contributed by atoms with Crippen molar-refractivity contribution in [2.24, 2.45) is 5.92 Å². The van der Waals surface area contributed by atoms with E-state index in [1.54, 1.807) is 0 Å². The average Bonchev–Trinajstić information content (AvgIpc) is 2.83. The minimum absolute atomic E-state index is 0.280. The van der Waals surface area contributed by atoms with Crippen LogP contribution >= 0.6 is 0 Å². The van der Waals surface area contributed by atoms with Gasteiger partial charge >= 0.3 is 0 Å². The lowest BCUT2D eigenvalue weighted by atomic mass is 10.0. The van der Waals surface area contributed by atoms with E-state index in [-0.39, 0.29) is 5.92 Å². The van der Waals surface area contributed by atoms with Crippen LogP contribution in [0.3, 0.4) is 0 Å². The van der Waals surface area contributed by atoms with Gasteiger partial charge in [0.15, 0.2) is 0 Å². The van der Waals surface area contributed by atoms with Gasteiger partial charge in [0, 0.05) is 12.5 Å². The zero-order chi connectivity index (χ0) is 11.8. The highest BCUT2D eigenvalue weighted by molar-refractivity contribution is 5.23. The van der Waals surface area contributed by atoms with Gasteiger partial charge in [-0.05, 0) is 30.4 Å². The summed E-state index contributed by atoms with van der Waals surface area (Å²) in [5.41, 5.74) is -0.350. The first kappa shape index (κ1) is 11.5. The van der Waals surface area contributed by atoms with Crippen LogP contribution in [0.25, 0.3) is 0 Å². The lowest BCUT2D eigenvalue weighted by molar-refractivity contribution is 0.128. The summed E-state index contributed by atoms with van der Waals surface area (Å²) in [5, 5.41) is 10.1. The maximum absolute atomic E-state index is 13.4. The molecule has 0 aliphatic heterocycles. The van der Waals surface area contributed by atoms with E-state index in [4.69, 9.17) is 0 Å². The third kappa shape index (κ3) is 2.24. The molecule has 1 fully saturated rings. The maximum Gasteiger partial charge on any atom is 0.129 e. The van der Waals surface area contributed by atoms with Crippen molar-refractivity contribution >= 4 is 0 Å². The first-order valence-electron chi connectivity index (χ1n) is 5.71. The molecule has 0 bridgehead atoms. The normalized spacial score (nSPS) is 28.1. The van der Waals surface area contributed by atoms with Crippen molar-refractivity contribution in [3.05, 3.63) is 35.4 Å². The van der Waals surface area contributed by atoms with Crippen LogP contribution in [-0.4, -0.2) is 10.7 Å². The van der Waals surface area contributed by atoms with Crippen molar-refractivity contribution in [3.63, 3.8) is 0 Å². The molecule has 1 nitrogen and oxygen atoms in total.